The molecule has 0 aromatic carbocycles. The standard InChI is InChI=1S/C63H121NO5/c1-3-5-7-9-11-13-15-17-29-33-37-41-45-49-53-57-63(68)69-58-54-50-46-42-38-34-31-28-26-24-22-20-18-19-21-23-25-27-30-32-36-40-44-48-52-56-62(67)64-60(59-65)61(66)55-51-47-43-39-35-16-14-12-10-8-6-4-2/h19-22,60-61,65-66H,3-18,23-59H2,1-2H3,(H,64,67)/b21-19-,22-20-. The van der Waals surface area contributed by atoms with Crippen LogP contribution in [0.5, 0.6) is 0 Å². The Labute approximate surface area is 431 Å². The third-order valence-corrected chi connectivity index (χ3v) is 14.5. The number of carbonyl (C=O) groups is 2. The molecular weight excluding hydrogens is 851 g/mol. The summed E-state index contributed by atoms with van der Waals surface area (Å²) in [6.07, 6.45) is 71.9. The summed E-state index contributed by atoms with van der Waals surface area (Å²) in [6.45, 7) is 4.96. The summed E-state index contributed by atoms with van der Waals surface area (Å²) in [5.41, 5.74) is 0. The quantitative estimate of drug-likeness (QED) is 0.0321. The van der Waals surface area contributed by atoms with E-state index in [1.165, 1.54) is 263 Å². The van der Waals surface area contributed by atoms with E-state index in [0.29, 0.717) is 25.9 Å². The van der Waals surface area contributed by atoms with Crippen molar-refractivity contribution in [3.05, 3.63) is 24.3 Å². The van der Waals surface area contributed by atoms with Crippen LogP contribution in [0.2, 0.25) is 0 Å². The van der Waals surface area contributed by atoms with Crippen molar-refractivity contribution in [1.82, 2.24) is 5.32 Å². The first-order valence-corrected chi connectivity index (χ1v) is 31.1. The van der Waals surface area contributed by atoms with Gasteiger partial charge in [-0.05, 0) is 57.8 Å². The second-order valence-electron chi connectivity index (χ2n) is 21.4. The number of nitrogens with one attached hydrogen (secondary N) is 1. The first-order valence-electron chi connectivity index (χ1n) is 31.1. The molecule has 0 fully saturated rings. The lowest BCUT2D eigenvalue weighted by Gasteiger charge is -2.22. The van der Waals surface area contributed by atoms with Crippen LogP contribution in [0, 0.1) is 0 Å². The molecule has 0 aliphatic carbocycles. The molecule has 408 valence electrons. The number of allylic oxidation sites excluding steroid dienone is 4. The van der Waals surface area contributed by atoms with Crippen LogP contribution >= 0.6 is 0 Å². The fraction of sp³-hybridized carbons (Fsp3) is 0.905. The first kappa shape index (κ1) is 67.3. The maximum atomic E-state index is 12.5. The van der Waals surface area contributed by atoms with E-state index in [1.807, 2.05) is 0 Å². The number of aliphatic hydroxyl groups is 2. The lowest BCUT2D eigenvalue weighted by atomic mass is 10.0. The van der Waals surface area contributed by atoms with Gasteiger partial charge < -0.3 is 20.3 Å². The van der Waals surface area contributed by atoms with E-state index in [-0.39, 0.29) is 18.5 Å². The average molecular weight is 973 g/mol. The fourth-order valence-corrected chi connectivity index (χ4v) is 9.73. The van der Waals surface area contributed by atoms with Crippen molar-refractivity contribution in [1.29, 1.82) is 0 Å². The predicted molar refractivity (Wildman–Crippen MR) is 301 cm³/mol. The smallest absolute Gasteiger partial charge is 0.305 e. The monoisotopic (exact) mass is 972 g/mol. The van der Waals surface area contributed by atoms with E-state index >= 15 is 0 Å². The van der Waals surface area contributed by atoms with Gasteiger partial charge in [0, 0.05) is 12.8 Å². The molecule has 0 aromatic rings. The van der Waals surface area contributed by atoms with Gasteiger partial charge in [0.05, 0.1) is 25.4 Å². The summed E-state index contributed by atoms with van der Waals surface area (Å²) in [6, 6.07) is -0.545. The molecular formula is C63H121NO5. The summed E-state index contributed by atoms with van der Waals surface area (Å²) in [7, 11) is 0. The number of amides is 1. The minimum absolute atomic E-state index is 0.0122. The number of hydrogen-bond acceptors (Lipinski definition) is 5. The maximum Gasteiger partial charge on any atom is 0.305 e. The molecule has 2 unspecified atom stereocenters. The first-order chi connectivity index (χ1) is 34.0. The molecule has 0 saturated heterocycles. The molecule has 6 heteroatoms. The van der Waals surface area contributed by atoms with Crippen molar-refractivity contribution in [3.63, 3.8) is 0 Å². The molecule has 0 radical (unpaired) electrons. The van der Waals surface area contributed by atoms with Crippen LogP contribution in [0.25, 0.3) is 0 Å². The predicted octanol–water partition coefficient (Wildman–Crippen LogP) is 19.4. The lowest BCUT2D eigenvalue weighted by Crippen LogP contribution is -2.45. The number of hydrogen-bond donors (Lipinski definition) is 3. The van der Waals surface area contributed by atoms with Gasteiger partial charge in [0.25, 0.3) is 0 Å². The molecule has 1 amide bonds. The Balaban J connectivity index is 3.41. The van der Waals surface area contributed by atoms with Gasteiger partial charge in [-0.1, -0.05) is 295 Å². The zero-order valence-corrected chi connectivity index (χ0v) is 46.6. The molecule has 6 nitrogen and oxygen atoms in total. The second kappa shape index (κ2) is 58.9. The Morgan fingerprint density at radius 1 is 0.406 bits per heavy atom. The number of aliphatic hydroxyl groups excluding tert-OH is 2. The van der Waals surface area contributed by atoms with Gasteiger partial charge >= 0.3 is 5.97 Å². The Morgan fingerprint density at radius 2 is 0.725 bits per heavy atom. The number of rotatable bonds is 58. The van der Waals surface area contributed by atoms with Crippen LogP contribution in [0.4, 0.5) is 0 Å². The molecule has 0 spiro atoms. The molecule has 0 bridgehead atoms. The molecule has 0 aliphatic rings. The summed E-state index contributed by atoms with van der Waals surface area (Å²) in [4.78, 5) is 24.5. The zero-order valence-electron chi connectivity index (χ0n) is 46.6. The van der Waals surface area contributed by atoms with Crippen molar-refractivity contribution >= 4 is 11.9 Å². The zero-order chi connectivity index (χ0) is 50.0. The third kappa shape index (κ3) is 55.5. The summed E-state index contributed by atoms with van der Waals surface area (Å²) < 4.78 is 5.49. The number of esters is 1. The molecule has 2 atom stereocenters. The molecule has 69 heavy (non-hydrogen) atoms. The maximum absolute atomic E-state index is 12.5. The number of unbranched alkanes of at least 4 members (excludes halogenated alkanes) is 43. The molecule has 0 rings (SSSR count). The minimum Gasteiger partial charge on any atom is -0.466 e. The lowest BCUT2D eigenvalue weighted by molar-refractivity contribution is -0.143. The van der Waals surface area contributed by atoms with Crippen molar-refractivity contribution in [3.8, 4) is 0 Å². The van der Waals surface area contributed by atoms with Gasteiger partial charge in [-0.2, -0.15) is 0 Å². The largest absolute Gasteiger partial charge is 0.466 e. The van der Waals surface area contributed by atoms with Gasteiger partial charge in [0.1, 0.15) is 0 Å². The van der Waals surface area contributed by atoms with Gasteiger partial charge in [0.2, 0.25) is 5.91 Å². The van der Waals surface area contributed by atoms with Gasteiger partial charge in [-0.25, -0.2) is 0 Å². The van der Waals surface area contributed by atoms with E-state index < -0.39 is 12.1 Å². The summed E-state index contributed by atoms with van der Waals surface area (Å²) in [5.74, 6) is -0.0284. The number of carbonyl (C=O) groups excluding carboxylic acids is 2. The van der Waals surface area contributed by atoms with Crippen LogP contribution in [-0.4, -0.2) is 47.4 Å². The Hall–Kier alpha value is -1.66. The third-order valence-electron chi connectivity index (χ3n) is 14.5. The van der Waals surface area contributed by atoms with E-state index in [0.717, 1.165) is 44.9 Å². The van der Waals surface area contributed by atoms with Crippen LogP contribution < -0.4 is 5.32 Å². The Bertz CT molecular complexity index is 1080. The average Bonchev–Trinajstić information content (AvgIpc) is 3.35. The normalized spacial score (nSPS) is 12.7. The second-order valence-corrected chi connectivity index (χ2v) is 21.4. The Kier molecular flexibility index (Phi) is 57.5. The van der Waals surface area contributed by atoms with Gasteiger partial charge in [-0.3, -0.25) is 9.59 Å². The Morgan fingerprint density at radius 3 is 1.10 bits per heavy atom. The topological polar surface area (TPSA) is 95.9 Å². The van der Waals surface area contributed by atoms with Crippen LogP contribution in [0.3, 0.4) is 0 Å². The summed E-state index contributed by atoms with van der Waals surface area (Å²) >= 11 is 0. The fourth-order valence-electron chi connectivity index (χ4n) is 9.73. The summed E-state index contributed by atoms with van der Waals surface area (Å²) in [5, 5.41) is 23.2. The van der Waals surface area contributed by atoms with Crippen LogP contribution in [0.1, 0.15) is 341 Å². The highest BCUT2D eigenvalue weighted by Gasteiger charge is 2.20. The van der Waals surface area contributed by atoms with E-state index in [9.17, 15) is 19.8 Å². The van der Waals surface area contributed by atoms with E-state index in [4.69, 9.17) is 4.74 Å². The van der Waals surface area contributed by atoms with Crippen molar-refractivity contribution in [2.24, 2.45) is 0 Å². The highest BCUT2D eigenvalue weighted by atomic mass is 16.5. The van der Waals surface area contributed by atoms with Crippen molar-refractivity contribution in [2.75, 3.05) is 13.2 Å². The van der Waals surface area contributed by atoms with E-state index in [2.05, 4.69) is 43.5 Å². The van der Waals surface area contributed by atoms with Crippen LogP contribution in [-0.2, 0) is 14.3 Å². The van der Waals surface area contributed by atoms with Gasteiger partial charge in [0.15, 0.2) is 0 Å². The van der Waals surface area contributed by atoms with Crippen LogP contribution in [0.15, 0.2) is 24.3 Å². The number of ether oxygens (including phenoxy) is 1. The molecule has 0 aliphatic heterocycles. The minimum atomic E-state index is -0.667. The highest BCUT2D eigenvalue weighted by molar-refractivity contribution is 5.76. The van der Waals surface area contributed by atoms with Gasteiger partial charge in [-0.15, -0.1) is 0 Å². The SMILES string of the molecule is CCCCCCCCCCCCCCCCCC(=O)OCCCCCCCCCCC/C=C\C/C=C\CCCCCCCCCCCC(=O)NC(CO)C(O)CCCCCCCCCCCCCC. The molecule has 0 aromatic heterocycles. The van der Waals surface area contributed by atoms with Crippen molar-refractivity contribution in [2.45, 2.75) is 353 Å². The molecule has 0 heterocycles. The highest BCUT2D eigenvalue weighted by Crippen LogP contribution is 2.17. The molecule has 3 N–H and O–H groups in total. The molecule has 0 saturated carbocycles. The van der Waals surface area contributed by atoms with E-state index in [1.54, 1.807) is 0 Å². The van der Waals surface area contributed by atoms with Crippen molar-refractivity contribution < 1.29 is 24.5 Å².